The van der Waals surface area contributed by atoms with Crippen molar-refractivity contribution in [2.75, 3.05) is 13.2 Å². The van der Waals surface area contributed by atoms with Gasteiger partial charge >= 0.3 is 6.03 Å². The maximum atomic E-state index is 11.0. The molecule has 0 aromatic heterocycles. The van der Waals surface area contributed by atoms with E-state index in [0.717, 1.165) is 5.75 Å². The van der Waals surface area contributed by atoms with Crippen molar-refractivity contribution < 1.29 is 19.2 Å². The number of nitro benzene ring substituents is 1. The zero-order valence-corrected chi connectivity index (χ0v) is 16.5. The van der Waals surface area contributed by atoms with Crippen molar-refractivity contribution in [1.82, 2.24) is 5.43 Å². The van der Waals surface area contributed by atoms with Crippen LogP contribution in [0.2, 0.25) is 0 Å². The number of nitro groups is 1. The Labute approximate surface area is 168 Å². The molecule has 154 valence electrons. The molecule has 0 heterocycles. The molecular formula is C20H24N4O5. The highest BCUT2D eigenvalue weighted by Crippen LogP contribution is 2.25. The second-order valence-electron chi connectivity index (χ2n) is 7.18. The Balaban J connectivity index is 1.97. The van der Waals surface area contributed by atoms with Gasteiger partial charge in [-0.1, -0.05) is 32.9 Å². The Bertz CT molecular complexity index is 889. The van der Waals surface area contributed by atoms with E-state index < -0.39 is 11.0 Å². The average Bonchev–Trinajstić information content (AvgIpc) is 2.65. The highest BCUT2D eigenvalue weighted by molar-refractivity contribution is 5.85. The van der Waals surface area contributed by atoms with E-state index >= 15 is 0 Å². The molecule has 2 rings (SSSR count). The molecule has 0 saturated carbocycles. The molecule has 0 aliphatic rings. The highest BCUT2D eigenvalue weighted by atomic mass is 16.6. The number of carbonyl (C=O) groups excluding carboxylic acids is 1. The van der Waals surface area contributed by atoms with Crippen LogP contribution >= 0.6 is 0 Å². The predicted molar refractivity (Wildman–Crippen MR) is 110 cm³/mol. The van der Waals surface area contributed by atoms with Gasteiger partial charge in [-0.05, 0) is 29.2 Å². The molecule has 2 amide bonds. The molecule has 2 aromatic carbocycles. The molecule has 29 heavy (non-hydrogen) atoms. The fraction of sp³-hybridized carbons (Fsp3) is 0.300. The van der Waals surface area contributed by atoms with Gasteiger partial charge in [0.25, 0.3) is 5.69 Å². The fourth-order valence-electron chi connectivity index (χ4n) is 2.41. The number of nitrogens with zero attached hydrogens (tertiary/aromatic N) is 2. The first-order chi connectivity index (χ1) is 13.7. The van der Waals surface area contributed by atoms with Crippen molar-refractivity contribution in [2.24, 2.45) is 10.8 Å². The summed E-state index contributed by atoms with van der Waals surface area (Å²) >= 11 is 0. The summed E-state index contributed by atoms with van der Waals surface area (Å²) in [5.41, 5.74) is 8.44. The van der Waals surface area contributed by atoms with Crippen LogP contribution in [0.25, 0.3) is 0 Å². The number of amides is 2. The number of benzene rings is 2. The lowest BCUT2D eigenvalue weighted by molar-refractivity contribution is -0.384. The summed E-state index contributed by atoms with van der Waals surface area (Å²) in [5.74, 6) is 1.08. The number of rotatable bonds is 8. The summed E-state index contributed by atoms with van der Waals surface area (Å²) in [6.45, 7) is 6.91. The van der Waals surface area contributed by atoms with Gasteiger partial charge in [0.05, 0.1) is 11.1 Å². The van der Waals surface area contributed by atoms with Crippen LogP contribution in [0.1, 0.15) is 31.9 Å². The van der Waals surface area contributed by atoms with Crippen LogP contribution in [0.4, 0.5) is 10.5 Å². The standard InChI is InChI=1S/C20H24N4O5/c1-20(2,3)15-4-7-17(8-5-15)28-10-11-29-18-9-6-16(24(26)27)12-14(18)13-22-23-19(21)25/h4-9,12-13H,10-11H2,1-3H3,(H3,21,23,25)/b22-13+. The van der Waals surface area contributed by atoms with Gasteiger partial charge in [-0.2, -0.15) is 5.10 Å². The van der Waals surface area contributed by atoms with Gasteiger partial charge in [0.2, 0.25) is 0 Å². The zero-order chi connectivity index (χ0) is 21.4. The zero-order valence-electron chi connectivity index (χ0n) is 16.5. The number of urea groups is 1. The van der Waals surface area contributed by atoms with Crippen molar-refractivity contribution in [3.05, 3.63) is 63.7 Å². The van der Waals surface area contributed by atoms with Crippen molar-refractivity contribution in [2.45, 2.75) is 26.2 Å². The largest absolute Gasteiger partial charge is 0.490 e. The summed E-state index contributed by atoms with van der Waals surface area (Å²) in [6.07, 6.45) is 1.22. The Morgan fingerprint density at radius 2 is 1.83 bits per heavy atom. The molecule has 0 aliphatic carbocycles. The molecule has 9 nitrogen and oxygen atoms in total. The molecule has 0 saturated heterocycles. The quantitative estimate of drug-likeness (QED) is 0.304. The SMILES string of the molecule is CC(C)(C)c1ccc(OCCOc2ccc([N+](=O)[O-])cc2/C=N/NC(N)=O)cc1. The molecule has 0 fully saturated rings. The lowest BCUT2D eigenvalue weighted by Gasteiger charge is -2.19. The number of primary amides is 1. The van der Waals surface area contributed by atoms with Crippen LogP contribution in [-0.2, 0) is 5.41 Å². The Morgan fingerprint density at radius 3 is 2.41 bits per heavy atom. The van der Waals surface area contributed by atoms with Crippen LogP contribution in [0.3, 0.4) is 0 Å². The third-order valence-electron chi connectivity index (χ3n) is 3.91. The number of hydrogen-bond donors (Lipinski definition) is 2. The maximum absolute atomic E-state index is 11.0. The minimum atomic E-state index is -0.847. The van der Waals surface area contributed by atoms with E-state index in [9.17, 15) is 14.9 Å². The second kappa shape index (κ2) is 9.54. The van der Waals surface area contributed by atoms with Gasteiger partial charge in [0.15, 0.2) is 0 Å². The van der Waals surface area contributed by atoms with E-state index in [4.69, 9.17) is 15.2 Å². The first-order valence-corrected chi connectivity index (χ1v) is 8.90. The van der Waals surface area contributed by atoms with Crippen LogP contribution in [0.15, 0.2) is 47.6 Å². The fourth-order valence-corrected chi connectivity index (χ4v) is 2.41. The van der Waals surface area contributed by atoms with E-state index in [2.05, 4.69) is 25.9 Å². The van der Waals surface area contributed by atoms with Crippen LogP contribution in [0, 0.1) is 10.1 Å². The first kappa shape index (κ1) is 21.7. The number of nitrogens with two attached hydrogens (primary N) is 1. The number of non-ortho nitro benzene ring substituents is 1. The van der Waals surface area contributed by atoms with Crippen molar-refractivity contribution in [1.29, 1.82) is 0 Å². The number of ether oxygens (including phenoxy) is 2. The molecule has 0 bridgehead atoms. The number of carbonyl (C=O) groups is 1. The summed E-state index contributed by atoms with van der Waals surface area (Å²) in [4.78, 5) is 21.1. The molecule has 2 aromatic rings. The minimum absolute atomic E-state index is 0.0683. The van der Waals surface area contributed by atoms with Crippen molar-refractivity contribution >= 4 is 17.9 Å². The predicted octanol–water partition coefficient (Wildman–Crippen LogP) is 3.35. The summed E-state index contributed by atoms with van der Waals surface area (Å²) in [6, 6.07) is 11.1. The maximum Gasteiger partial charge on any atom is 0.332 e. The lowest BCUT2D eigenvalue weighted by Crippen LogP contribution is -2.24. The van der Waals surface area contributed by atoms with Gasteiger partial charge in [-0.15, -0.1) is 0 Å². The molecule has 3 N–H and O–H groups in total. The highest BCUT2D eigenvalue weighted by Gasteiger charge is 2.13. The van der Waals surface area contributed by atoms with Gasteiger partial charge in [-0.3, -0.25) is 10.1 Å². The number of hydrogen-bond acceptors (Lipinski definition) is 6. The summed E-state index contributed by atoms with van der Waals surface area (Å²) < 4.78 is 11.3. The van der Waals surface area contributed by atoms with Crippen LogP contribution in [-0.4, -0.2) is 30.4 Å². The Kier molecular flexibility index (Phi) is 7.13. The Hall–Kier alpha value is -3.62. The molecule has 0 radical (unpaired) electrons. The monoisotopic (exact) mass is 400 g/mol. The third kappa shape index (κ3) is 6.80. The van der Waals surface area contributed by atoms with E-state index in [1.165, 1.54) is 30.0 Å². The van der Waals surface area contributed by atoms with Crippen LogP contribution in [0.5, 0.6) is 11.5 Å². The smallest absolute Gasteiger partial charge is 0.332 e. The van der Waals surface area contributed by atoms with Crippen molar-refractivity contribution in [3.8, 4) is 11.5 Å². The summed E-state index contributed by atoms with van der Waals surface area (Å²) in [5, 5.41) is 14.6. The first-order valence-electron chi connectivity index (χ1n) is 8.90. The number of nitrogens with one attached hydrogen (secondary N) is 1. The van der Waals surface area contributed by atoms with Crippen molar-refractivity contribution in [3.63, 3.8) is 0 Å². The Morgan fingerprint density at radius 1 is 1.17 bits per heavy atom. The third-order valence-corrected chi connectivity index (χ3v) is 3.91. The molecule has 0 atom stereocenters. The van der Waals surface area contributed by atoms with Gasteiger partial charge in [0.1, 0.15) is 24.7 Å². The minimum Gasteiger partial charge on any atom is -0.490 e. The number of hydrazone groups is 1. The van der Waals surface area contributed by atoms with Gasteiger partial charge < -0.3 is 15.2 Å². The molecule has 0 aliphatic heterocycles. The van der Waals surface area contributed by atoms with Gasteiger partial charge in [-0.25, -0.2) is 10.2 Å². The normalized spacial score (nSPS) is 11.3. The van der Waals surface area contributed by atoms with Gasteiger partial charge in [0, 0.05) is 17.7 Å². The average molecular weight is 400 g/mol. The topological polar surface area (TPSA) is 129 Å². The van der Waals surface area contributed by atoms with E-state index in [1.54, 1.807) is 0 Å². The van der Waals surface area contributed by atoms with E-state index in [1.807, 2.05) is 29.7 Å². The van der Waals surface area contributed by atoms with E-state index in [-0.39, 0.29) is 24.3 Å². The van der Waals surface area contributed by atoms with E-state index in [0.29, 0.717) is 11.3 Å². The van der Waals surface area contributed by atoms with Crippen LogP contribution < -0.4 is 20.6 Å². The molecule has 0 spiro atoms. The summed E-state index contributed by atoms with van der Waals surface area (Å²) in [7, 11) is 0. The molecular weight excluding hydrogens is 376 g/mol. The molecule has 9 heteroatoms. The molecule has 0 unspecified atom stereocenters. The lowest BCUT2D eigenvalue weighted by atomic mass is 9.87. The second-order valence-corrected chi connectivity index (χ2v) is 7.18.